The van der Waals surface area contributed by atoms with E-state index in [-0.39, 0.29) is 30.0 Å². The Morgan fingerprint density at radius 1 is 1.21 bits per heavy atom. The summed E-state index contributed by atoms with van der Waals surface area (Å²) < 4.78 is 1.95. The third-order valence-electron chi connectivity index (χ3n) is 4.83. The summed E-state index contributed by atoms with van der Waals surface area (Å²) in [6, 6.07) is 8.79. The van der Waals surface area contributed by atoms with Crippen LogP contribution in [0.4, 0.5) is 0 Å². The minimum Gasteiger partial charge on any atom is -0.354 e. The van der Waals surface area contributed by atoms with Crippen molar-refractivity contribution in [1.29, 1.82) is 0 Å². The lowest BCUT2D eigenvalue weighted by molar-refractivity contribution is 0.400. The first kappa shape index (κ1) is 24.4. The van der Waals surface area contributed by atoms with E-state index in [0.717, 1.165) is 31.2 Å². The molecule has 1 aromatic carbocycles. The molecule has 1 unspecified atom stereocenters. The minimum absolute atomic E-state index is 0. The number of rotatable bonds is 7. The maximum atomic E-state index is 4.51. The highest BCUT2D eigenvalue weighted by atomic mass is 127. The van der Waals surface area contributed by atoms with Crippen LogP contribution in [-0.4, -0.2) is 47.8 Å². The number of aryl methyl sites for hydroxylation is 2. The van der Waals surface area contributed by atoms with E-state index in [9.17, 15) is 0 Å². The van der Waals surface area contributed by atoms with Crippen molar-refractivity contribution in [2.45, 2.75) is 46.3 Å². The lowest BCUT2D eigenvalue weighted by Crippen LogP contribution is -2.43. The molecule has 28 heavy (non-hydrogen) atoms. The molecule has 156 valence electrons. The number of benzene rings is 1. The number of hydrogen-bond acceptors (Lipinski definition) is 3. The zero-order chi connectivity index (χ0) is 20.0. The van der Waals surface area contributed by atoms with E-state index in [4.69, 9.17) is 0 Å². The zero-order valence-corrected chi connectivity index (χ0v) is 20.5. The number of nitrogens with zero attached hydrogens (tertiary/aromatic N) is 4. The molecular formula is C21H35IN6. The van der Waals surface area contributed by atoms with Crippen molar-refractivity contribution in [2.75, 3.05) is 21.1 Å². The van der Waals surface area contributed by atoms with Gasteiger partial charge in [0, 0.05) is 38.9 Å². The summed E-state index contributed by atoms with van der Waals surface area (Å²) in [6.07, 6.45) is 0.920. The van der Waals surface area contributed by atoms with Gasteiger partial charge in [0.05, 0.1) is 5.69 Å². The molecule has 2 N–H and O–H groups in total. The maximum Gasteiger partial charge on any atom is 0.191 e. The van der Waals surface area contributed by atoms with Crippen LogP contribution >= 0.6 is 24.0 Å². The van der Waals surface area contributed by atoms with E-state index in [1.165, 1.54) is 22.4 Å². The van der Waals surface area contributed by atoms with Gasteiger partial charge in [-0.3, -0.25) is 9.67 Å². The first-order chi connectivity index (χ1) is 12.8. The standard InChI is InChI=1S/C21H34N6.HI/c1-15(12-20-16(2)25-27(7)17(20)3)24-21(22-4)23-13-18-10-8-9-11-19(18)14-26(5)6;/h8-11,15H,12-14H2,1-7H3,(H2,22,23,24);1H. The molecule has 0 aliphatic heterocycles. The van der Waals surface area contributed by atoms with Gasteiger partial charge in [0.25, 0.3) is 0 Å². The fourth-order valence-electron chi connectivity index (χ4n) is 3.30. The number of aromatic nitrogens is 2. The van der Waals surface area contributed by atoms with Crippen LogP contribution in [0.2, 0.25) is 0 Å². The van der Waals surface area contributed by atoms with Gasteiger partial charge in [-0.25, -0.2) is 0 Å². The molecule has 6 nitrogen and oxygen atoms in total. The third-order valence-corrected chi connectivity index (χ3v) is 4.83. The van der Waals surface area contributed by atoms with Crippen molar-refractivity contribution < 1.29 is 0 Å². The predicted octanol–water partition coefficient (Wildman–Crippen LogP) is 3.01. The molecule has 0 aliphatic rings. The Bertz CT molecular complexity index is 781. The van der Waals surface area contributed by atoms with Crippen molar-refractivity contribution in [3.05, 3.63) is 52.3 Å². The van der Waals surface area contributed by atoms with E-state index in [1.54, 1.807) is 0 Å². The Labute approximate surface area is 186 Å². The molecule has 2 rings (SSSR count). The van der Waals surface area contributed by atoms with Gasteiger partial charge in [0.2, 0.25) is 0 Å². The zero-order valence-electron chi connectivity index (χ0n) is 18.2. The van der Waals surface area contributed by atoms with Crippen LogP contribution in [0.5, 0.6) is 0 Å². The highest BCUT2D eigenvalue weighted by Gasteiger charge is 2.14. The maximum absolute atomic E-state index is 4.51. The van der Waals surface area contributed by atoms with Crippen molar-refractivity contribution >= 4 is 29.9 Å². The van der Waals surface area contributed by atoms with E-state index in [1.807, 2.05) is 18.8 Å². The summed E-state index contributed by atoms with van der Waals surface area (Å²) in [4.78, 5) is 6.58. The van der Waals surface area contributed by atoms with E-state index in [2.05, 4.69) is 84.8 Å². The fraction of sp³-hybridized carbons (Fsp3) is 0.524. The summed E-state index contributed by atoms with van der Waals surface area (Å²) in [5.41, 5.74) is 6.26. The second-order valence-electron chi connectivity index (χ2n) is 7.45. The molecule has 1 heterocycles. The van der Waals surface area contributed by atoms with Crippen LogP contribution in [0.25, 0.3) is 0 Å². The van der Waals surface area contributed by atoms with Crippen LogP contribution < -0.4 is 10.6 Å². The highest BCUT2D eigenvalue weighted by Crippen LogP contribution is 2.14. The van der Waals surface area contributed by atoms with Gasteiger partial charge in [0.1, 0.15) is 0 Å². The Hall–Kier alpha value is -1.61. The SMILES string of the molecule is CN=C(NCc1ccccc1CN(C)C)NC(C)Cc1c(C)nn(C)c1C.I. The first-order valence-corrected chi connectivity index (χ1v) is 9.49. The third kappa shape index (κ3) is 6.77. The van der Waals surface area contributed by atoms with Crippen LogP contribution in [0.1, 0.15) is 35.0 Å². The van der Waals surface area contributed by atoms with E-state index >= 15 is 0 Å². The van der Waals surface area contributed by atoms with Crippen LogP contribution in [0, 0.1) is 13.8 Å². The smallest absolute Gasteiger partial charge is 0.191 e. The Morgan fingerprint density at radius 2 is 1.86 bits per heavy atom. The normalized spacial score (nSPS) is 12.6. The van der Waals surface area contributed by atoms with E-state index < -0.39 is 0 Å². The van der Waals surface area contributed by atoms with Gasteiger partial charge in [-0.15, -0.1) is 24.0 Å². The predicted molar refractivity (Wildman–Crippen MR) is 128 cm³/mol. The number of halogens is 1. The summed E-state index contributed by atoms with van der Waals surface area (Å²) in [7, 11) is 7.99. The highest BCUT2D eigenvalue weighted by molar-refractivity contribution is 14.0. The van der Waals surface area contributed by atoms with Crippen LogP contribution in [0.15, 0.2) is 29.3 Å². The molecule has 0 fully saturated rings. The molecule has 2 aromatic rings. The fourth-order valence-corrected chi connectivity index (χ4v) is 3.30. The Balaban J connectivity index is 0.00000392. The molecule has 0 saturated heterocycles. The summed E-state index contributed by atoms with van der Waals surface area (Å²) in [5.74, 6) is 0.821. The van der Waals surface area contributed by atoms with Gasteiger partial charge < -0.3 is 15.5 Å². The quantitative estimate of drug-likeness (QED) is 0.350. The van der Waals surface area contributed by atoms with Gasteiger partial charge in [-0.1, -0.05) is 24.3 Å². The molecule has 1 atom stereocenters. The van der Waals surface area contributed by atoms with Gasteiger partial charge in [0.15, 0.2) is 5.96 Å². The molecule has 7 heteroatoms. The molecule has 0 radical (unpaired) electrons. The molecule has 1 aromatic heterocycles. The summed E-state index contributed by atoms with van der Waals surface area (Å²) in [6.45, 7) is 8.06. The molecule has 0 saturated carbocycles. The Morgan fingerprint density at radius 3 is 2.39 bits per heavy atom. The Kier molecular flexibility index (Phi) is 9.95. The minimum atomic E-state index is 0. The molecule has 0 amide bonds. The largest absolute Gasteiger partial charge is 0.354 e. The lowest BCUT2D eigenvalue weighted by atomic mass is 10.1. The van der Waals surface area contributed by atoms with Crippen LogP contribution in [-0.2, 0) is 26.6 Å². The van der Waals surface area contributed by atoms with Crippen molar-refractivity contribution in [3.8, 4) is 0 Å². The molecular weight excluding hydrogens is 463 g/mol. The molecule has 0 spiro atoms. The average molecular weight is 498 g/mol. The second kappa shape index (κ2) is 11.4. The number of nitrogens with one attached hydrogen (secondary N) is 2. The van der Waals surface area contributed by atoms with Crippen molar-refractivity contribution in [3.63, 3.8) is 0 Å². The molecule has 0 bridgehead atoms. The van der Waals surface area contributed by atoms with Gasteiger partial charge >= 0.3 is 0 Å². The van der Waals surface area contributed by atoms with E-state index in [0.29, 0.717) is 0 Å². The van der Waals surface area contributed by atoms with Gasteiger partial charge in [-0.05, 0) is 58.0 Å². The number of aliphatic imine (C=N–C) groups is 1. The summed E-state index contributed by atoms with van der Waals surface area (Å²) >= 11 is 0. The second-order valence-corrected chi connectivity index (χ2v) is 7.45. The average Bonchev–Trinajstić information content (AvgIpc) is 2.85. The van der Waals surface area contributed by atoms with Crippen molar-refractivity contribution in [1.82, 2.24) is 25.3 Å². The van der Waals surface area contributed by atoms with Gasteiger partial charge in [-0.2, -0.15) is 5.10 Å². The summed E-state index contributed by atoms with van der Waals surface area (Å²) in [5, 5.41) is 11.5. The van der Waals surface area contributed by atoms with Crippen LogP contribution in [0.3, 0.4) is 0 Å². The van der Waals surface area contributed by atoms with Crippen molar-refractivity contribution in [2.24, 2.45) is 12.0 Å². The first-order valence-electron chi connectivity index (χ1n) is 9.49. The lowest BCUT2D eigenvalue weighted by Gasteiger charge is -2.19. The topological polar surface area (TPSA) is 57.5 Å². The number of hydrogen-bond donors (Lipinski definition) is 2. The number of guanidine groups is 1. The molecule has 0 aliphatic carbocycles. The monoisotopic (exact) mass is 498 g/mol.